The summed E-state index contributed by atoms with van der Waals surface area (Å²) in [6.45, 7) is 6.98. The maximum atomic E-state index is 10.5. The second-order valence-corrected chi connectivity index (χ2v) is 4.80. The molecule has 1 heterocycles. The van der Waals surface area contributed by atoms with E-state index < -0.39 is 12.0 Å². The number of rotatable bonds is 4. The Morgan fingerprint density at radius 1 is 1.56 bits per heavy atom. The van der Waals surface area contributed by atoms with Crippen LogP contribution in [0.15, 0.2) is 4.99 Å². The Balaban J connectivity index is 2.27. The summed E-state index contributed by atoms with van der Waals surface area (Å²) in [4.78, 5) is 14.4. The van der Waals surface area contributed by atoms with Crippen LogP contribution >= 0.6 is 0 Å². The van der Waals surface area contributed by atoms with Crippen LogP contribution in [0.2, 0.25) is 0 Å². The van der Waals surface area contributed by atoms with Crippen LogP contribution in [0.1, 0.15) is 27.2 Å². The van der Waals surface area contributed by atoms with Crippen LogP contribution in [0.4, 0.5) is 0 Å². The number of carboxylic acids is 1. The Hall–Kier alpha value is -0.940. The van der Waals surface area contributed by atoms with Crippen LogP contribution in [0.25, 0.3) is 0 Å². The van der Waals surface area contributed by atoms with Crippen molar-refractivity contribution in [3.63, 3.8) is 0 Å². The number of aliphatic imine (C=N–C) groups is 1. The van der Waals surface area contributed by atoms with Crippen molar-refractivity contribution in [1.29, 1.82) is 0 Å². The summed E-state index contributed by atoms with van der Waals surface area (Å²) in [5.41, 5.74) is 0.0575. The van der Waals surface area contributed by atoms with Crippen LogP contribution in [-0.4, -0.2) is 42.8 Å². The normalized spacial score (nSPS) is 23.4. The molecular weight excluding hydrogens is 210 g/mol. The maximum Gasteiger partial charge on any atom is 0.328 e. The van der Waals surface area contributed by atoms with Crippen LogP contribution in [-0.2, 0) is 14.3 Å². The molecule has 1 aliphatic heterocycles. The summed E-state index contributed by atoms with van der Waals surface area (Å²) in [6, 6.07) is -0.708. The number of ether oxygens (including phenoxy) is 2. The summed E-state index contributed by atoms with van der Waals surface area (Å²) < 4.78 is 10.9. The minimum Gasteiger partial charge on any atom is -0.480 e. The second-order valence-electron chi connectivity index (χ2n) is 4.80. The number of hydrogen-bond donors (Lipinski definition) is 1. The van der Waals surface area contributed by atoms with Gasteiger partial charge in [0, 0.05) is 18.1 Å². The third-order valence-electron chi connectivity index (χ3n) is 2.30. The quantitative estimate of drug-likeness (QED) is 0.738. The van der Waals surface area contributed by atoms with Gasteiger partial charge >= 0.3 is 5.97 Å². The highest BCUT2D eigenvalue weighted by Crippen LogP contribution is 2.23. The molecule has 92 valence electrons. The van der Waals surface area contributed by atoms with Gasteiger partial charge in [0.1, 0.15) is 6.04 Å². The molecular formula is C11H19NO4. The van der Waals surface area contributed by atoms with Crippen LogP contribution in [0, 0.1) is 5.41 Å². The molecule has 1 atom stereocenters. The topological polar surface area (TPSA) is 68.1 Å². The van der Waals surface area contributed by atoms with E-state index in [9.17, 15) is 4.79 Å². The Morgan fingerprint density at radius 3 is 2.62 bits per heavy atom. The lowest BCUT2D eigenvalue weighted by molar-refractivity contribution is -0.217. The average Bonchev–Trinajstić information content (AvgIpc) is 2.20. The molecule has 0 unspecified atom stereocenters. The molecule has 1 aliphatic rings. The molecule has 0 amide bonds. The molecule has 0 aromatic heterocycles. The Morgan fingerprint density at radius 2 is 2.12 bits per heavy atom. The summed E-state index contributed by atoms with van der Waals surface area (Å²) in [5.74, 6) is -0.928. The van der Waals surface area contributed by atoms with Gasteiger partial charge in [-0.25, -0.2) is 4.79 Å². The highest BCUT2D eigenvalue weighted by atomic mass is 16.7. The lowest BCUT2D eigenvalue weighted by Crippen LogP contribution is -2.37. The van der Waals surface area contributed by atoms with Gasteiger partial charge in [-0.3, -0.25) is 4.99 Å². The zero-order valence-corrected chi connectivity index (χ0v) is 9.97. The van der Waals surface area contributed by atoms with Gasteiger partial charge in [0.2, 0.25) is 0 Å². The molecule has 0 radical (unpaired) electrons. The molecule has 0 aromatic carbocycles. The first-order valence-corrected chi connectivity index (χ1v) is 5.38. The van der Waals surface area contributed by atoms with Crippen molar-refractivity contribution in [3.05, 3.63) is 0 Å². The van der Waals surface area contributed by atoms with Gasteiger partial charge in [0.05, 0.1) is 13.2 Å². The van der Waals surface area contributed by atoms with E-state index in [0.29, 0.717) is 19.6 Å². The first kappa shape index (κ1) is 13.1. The lowest BCUT2D eigenvalue weighted by Gasteiger charge is -2.34. The van der Waals surface area contributed by atoms with Crippen LogP contribution in [0.5, 0.6) is 0 Å². The number of nitrogens with zero attached hydrogens (tertiary/aromatic N) is 1. The standard InChI is InChI=1S/C11H19NO4/c1-8(10(13)14)12-5-4-9-15-6-11(2,3)7-16-9/h5,8-9H,4,6-7H2,1-3H3,(H,13,14)/t8-/m0/s1. The Bertz CT molecular complexity index is 265. The van der Waals surface area contributed by atoms with Gasteiger partial charge in [-0.05, 0) is 6.92 Å². The number of carbonyl (C=O) groups is 1. The molecule has 16 heavy (non-hydrogen) atoms. The Labute approximate surface area is 95.5 Å². The van der Waals surface area contributed by atoms with E-state index in [1.807, 2.05) is 0 Å². The van der Waals surface area contributed by atoms with Crippen molar-refractivity contribution in [2.45, 2.75) is 39.5 Å². The first-order chi connectivity index (χ1) is 7.41. The van der Waals surface area contributed by atoms with Crippen molar-refractivity contribution >= 4 is 12.2 Å². The molecule has 0 aliphatic carbocycles. The first-order valence-electron chi connectivity index (χ1n) is 5.38. The lowest BCUT2D eigenvalue weighted by atomic mass is 9.95. The van der Waals surface area contributed by atoms with Crippen molar-refractivity contribution in [2.75, 3.05) is 13.2 Å². The predicted octanol–water partition coefficient (Wildman–Crippen LogP) is 1.32. The van der Waals surface area contributed by atoms with Crippen molar-refractivity contribution in [3.8, 4) is 0 Å². The molecule has 1 N–H and O–H groups in total. The molecule has 1 fully saturated rings. The molecule has 1 rings (SSSR count). The third kappa shape index (κ3) is 4.28. The van der Waals surface area contributed by atoms with Gasteiger partial charge in [0.15, 0.2) is 6.29 Å². The third-order valence-corrected chi connectivity index (χ3v) is 2.30. The smallest absolute Gasteiger partial charge is 0.328 e. The predicted molar refractivity (Wildman–Crippen MR) is 59.7 cm³/mol. The summed E-state index contributed by atoms with van der Waals surface area (Å²) in [7, 11) is 0. The fraction of sp³-hybridized carbons (Fsp3) is 0.818. The van der Waals surface area contributed by atoms with Crippen molar-refractivity contribution in [1.82, 2.24) is 0 Å². The molecule has 0 bridgehead atoms. The van der Waals surface area contributed by atoms with Gasteiger partial charge in [-0.2, -0.15) is 0 Å². The fourth-order valence-electron chi connectivity index (χ4n) is 1.23. The SMILES string of the molecule is C[C@H](N=CCC1OCC(C)(C)CO1)C(=O)O. The zero-order valence-electron chi connectivity index (χ0n) is 9.97. The molecule has 0 spiro atoms. The van der Waals surface area contributed by atoms with E-state index in [1.54, 1.807) is 6.21 Å². The Kier molecular flexibility index (Phi) is 4.44. The van der Waals surface area contributed by atoms with Crippen LogP contribution in [0.3, 0.4) is 0 Å². The zero-order chi connectivity index (χ0) is 12.2. The summed E-state index contributed by atoms with van der Waals surface area (Å²) in [6.07, 6.45) is 1.76. The van der Waals surface area contributed by atoms with Crippen molar-refractivity contribution < 1.29 is 19.4 Å². The fourth-order valence-corrected chi connectivity index (χ4v) is 1.23. The molecule has 0 saturated carbocycles. The van der Waals surface area contributed by atoms with Crippen molar-refractivity contribution in [2.24, 2.45) is 10.4 Å². The average molecular weight is 229 g/mol. The van der Waals surface area contributed by atoms with Gasteiger partial charge in [0.25, 0.3) is 0 Å². The van der Waals surface area contributed by atoms with E-state index in [-0.39, 0.29) is 11.7 Å². The molecule has 0 aromatic rings. The van der Waals surface area contributed by atoms with E-state index in [4.69, 9.17) is 14.6 Å². The highest BCUT2D eigenvalue weighted by Gasteiger charge is 2.27. The maximum absolute atomic E-state index is 10.5. The summed E-state index contributed by atoms with van der Waals surface area (Å²) >= 11 is 0. The van der Waals surface area contributed by atoms with E-state index in [2.05, 4.69) is 18.8 Å². The van der Waals surface area contributed by atoms with E-state index in [0.717, 1.165) is 0 Å². The van der Waals surface area contributed by atoms with Gasteiger partial charge in [-0.1, -0.05) is 13.8 Å². The number of aliphatic carboxylic acids is 1. The molecule has 5 nitrogen and oxygen atoms in total. The monoisotopic (exact) mass is 229 g/mol. The van der Waals surface area contributed by atoms with Gasteiger partial charge < -0.3 is 14.6 Å². The number of hydrogen-bond acceptors (Lipinski definition) is 4. The van der Waals surface area contributed by atoms with Crippen LogP contribution < -0.4 is 0 Å². The minimum absolute atomic E-state index is 0.0575. The molecule has 1 saturated heterocycles. The number of carboxylic acid groups (broad SMARTS) is 1. The van der Waals surface area contributed by atoms with E-state index >= 15 is 0 Å². The second kappa shape index (κ2) is 5.41. The van der Waals surface area contributed by atoms with Gasteiger partial charge in [-0.15, -0.1) is 0 Å². The summed E-state index contributed by atoms with van der Waals surface area (Å²) in [5, 5.41) is 8.61. The van der Waals surface area contributed by atoms with E-state index in [1.165, 1.54) is 6.92 Å². The molecule has 5 heteroatoms. The minimum atomic E-state index is -0.928. The largest absolute Gasteiger partial charge is 0.480 e. The highest BCUT2D eigenvalue weighted by molar-refractivity contribution is 5.75.